The van der Waals surface area contributed by atoms with Gasteiger partial charge in [0, 0.05) is 16.7 Å². The van der Waals surface area contributed by atoms with Gasteiger partial charge in [0.25, 0.3) is 0 Å². The van der Waals surface area contributed by atoms with Crippen molar-refractivity contribution in [2.24, 2.45) is 0 Å². The van der Waals surface area contributed by atoms with Crippen LogP contribution in [-0.2, 0) is 14.3 Å². The van der Waals surface area contributed by atoms with Crippen LogP contribution in [0.15, 0.2) is 53.0 Å². The molecule has 0 radical (unpaired) electrons. The largest absolute Gasteiger partial charge is 0.370 e. The molecular weight excluding hydrogens is 440 g/mol. The van der Waals surface area contributed by atoms with E-state index in [1.807, 2.05) is 60.4 Å². The lowest BCUT2D eigenvalue weighted by atomic mass is 10.1. The molecule has 1 fully saturated rings. The van der Waals surface area contributed by atoms with Gasteiger partial charge in [-0.25, -0.2) is 0 Å². The molecule has 1 atom stereocenters. The minimum atomic E-state index is -0.111. The number of hydrogen-bond donors (Lipinski definition) is 1. The van der Waals surface area contributed by atoms with E-state index in [2.05, 4.69) is 21.2 Å². The first-order valence-corrected chi connectivity index (χ1v) is 11.0. The molecule has 0 saturated carbocycles. The number of nitrogens with zero attached hydrogens (tertiary/aromatic N) is 1. The maximum atomic E-state index is 12.5. The fourth-order valence-electron chi connectivity index (χ4n) is 3.00. The predicted molar refractivity (Wildman–Crippen MR) is 117 cm³/mol. The zero-order valence-electron chi connectivity index (χ0n) is 15.7. The van der Waals surface area contributed by atoms with E-state index >= 15 is 0 Å². The summed E-state index contributed by atoms with van der Waals surface area (Å²) in [5.41, 5.74) is 2.93. The lowest BCUT2D eigenvalue weighted by molar-refractivity contribution is -0.136. The molecule has 0 bridgehead atoms. The van der Waals surface area contributed by atoms with Crippen molar-refractivity contribution in [1.82, 2.24) is 4.90 Å². The summed E-state index contributed by atoms with van der Waals surface area (Å²) in [7, 11) is 0. The van der Waals surface area contributed by atoms with E-state index in [0.717, 1.165) is 21.3 Å². The number of carbonyl (C=O) groups is 2. The molecule has 1 saturated heterocycles. The summed E-state index contributed by atoms with van der Waals surface area (Å²) in [6.07, 6.45) is -0.111. The van der Waals surface area contributed by atoms with Crippen LogP contribution in [0.4, 0.5) is 5.69 Å². The summed E-state index contributed by atoms with van der Waals surface area (Å²) in [6, 6.07) is 15.6. The standard InChI is InChI=1S/C21H23BrN2O3S/c1-15-3-2-4-18(11-15)23-20(25)13-28-14-21(26)24-9-10-27-19(12-24)16-5-7-17(22)8-6-16/h2-8,11,19H,9-10,12-14H2,1H3,(H,23,25). The first kappa shape index (κ1) is 20.9. The summed E-state index contributed by atoms with van der Waals surface area (Å²) in [4.78, 5) is 26.4. The van der Waals surface area contributed by atoms with Crippen LogP contribution in [0.25, 0.3) is 0 Å². The molecule has 0 aliphatic carbocycles. The molecule has 28 heavy (non-hydrogen) atoms. The average molecular weight is 463 g/mol. The molecule has 2 amide bonds. The molecule has 1 aliphatic rings. The average Bonchev–Trinajstić information content (AvgIpc) is 2.68. The van der Waals surface area contributed by atoms with Gasteiger partial charge < -0.3 is 15.0 Å². The molecule has 1 heterocycles. The van der Waals surface area contributed by atoms with Crippen LogP contribution in [0, 0.1) is 6.92 Å². The first-order valence-electron chi connectivity index (χ1n) is 9.10. The van der Waals surface area contributed by atoms with Crippen LogP contribution in [0.3, 0.4) is 0 Å². The van der Waals surface area contributed by atoms with Crippen LogP contribution < -0.4 is 5.32 Å². The molecule has 3 rings (SSSR count). The van der Waals surface area contributed by atoms with Gasteiger partial charge >= 0.3 is 0 Å². The highest BCUT2D eigenvalue weighted by Gasteiger charge is 2.25. The smallest absolute Gasteiger partial charge is 0.234 e. The Morgan fingerprint density at radius 2 is 2.00 bits per heavy atom. The first-order chi connectivity index (χ1) is 13.5. The molecule has 1 N–H and O–H groups in total. The van der Waals surface area contributed by atoms with Gasteiger partial charge in [-0.2, -0.15) is 0 Å². The van der Waals surface area contributed by atoms with Gasteiger partial charge in [-0.15, -0.1) is 11.8 Å². The summed E-state index contributed by atoms with van der Waals surface area (Å²) >= 11 is 4.76. The van der Waals surface area contributed by atoms with Gasteiger partial charge in [-0.05, 0) is 42.3 Å². The van der Waals surface area contributed by atoms with E-state index in [4.69, 9.17) is 4.74 Å². The molecular formula is C21H23BrN2O3S. The number of aryl methyl sites for hydroxylation is 1. The van der Waals surface area contributed by atoms with E-state index in [9.17, 15) is 9.59 Å². The van der Waals surface area contributed by atoms with E-state index in [1.54, 1.807) is 0 Å². The van der Waals surface area contributed by atoms with Crippen molar-refractivity contribution < 1.29 is 14.3 Å². The summed E-state index contributed by atoms with van der Waals surface area (Å²) in [6.45, 7) is 3.62. The molecule has 2 aromatic carbocycles. The number of anilines is 1. The van der Waals surface area contributed by atoms with Gasteiger partial charge in [0.2, 0.25) is 11.8 Å². The SMILES string of the molecule is Cc1cccc(NC(=O)CSCC(=O)N2CCOC(c3ccc(Br)cc3)C2)c1. The quantitative estimate of drug-likeness (QED) is 0.703. The van der Waals surface area contributed by atoms with Crippen LogP contribution in [-0.4, -0.2) is 47.9 Å². The molecule has 0 aromatic heterocycles. The molecule has 0 spiro atoms. The van der Waals surface area contributed by atoms with Crippen molar-refractivity contribution in [2.75, 3.05) is 36.5 Å². The lowest BCUT2D eigenvalue weighted by Crippen LogP contribution is -2.43. The van der Waals surface area contributed by atoms with E-state index < -0.39 is 0 Å². The van der Waals surface area contributed by atoms with Crippen molar-refractivity contribution in [3.8, 4) is 0 Å². The van der Waals surface area contributed by atoms with E-state index in [-0.39, 0.29) is 29.4 Å². The number of amides is 2. The molecule has 1 unspecified atom stereocenters. The number of halogens is 1. The maximum absolute atomic E-state index is 12.5. The van der Waals surface area contributed by atoms with Crippen molar-refractivity contribution in [3.63, 3.8) is 0 Å². The molecule has 7 heteroatoms. The van der Waals surface area contributed by atoms with E-state index in [0.29, 0.717) is 19.7 Å². The van der Waals surface area contributed by atoms with Crippen LogP contribution in [0.5, 0.6) is 0 Å². The minimum Gasteiger partial charge on any atom is -0.370 e. The van der Waals surface area contributed by atoms with E-state index in [1.165, 1.54) is 11.8 Å². The monoisotopic (exact) mass is 462 g/mol. The Morgan fingerprint density at radius 3 is 2.75 bits per heavy atom. The summed E-state index contributed by atoms with van der Waals surface area (Å²) in [5.74, 6) is 0.478. The van der Waals surface area contributed by atoms with Crippen molar-refractivity contribution in [3.05, 3.63) is 64.1 Å². The number of nitrogens with one attached hydrogen (secondary N) is 1. The van der Waals surface area contributed by atoms with Gasteiger partial charge in [0.15, 0.2) is 0 Å². The normalized spacial score (nSPS) is 16.6. The zero-order chi connectivity index (χ0) is 19.9. The topological polar surface area (TPSA) is 58.6 Å². The number of benzene rings is 2. The fourth-order valence-corrected chi connectivity index (χ4v) is 3.98. The van der Waals surface area contributed by atoms with Crippen molar-refractivity contribution in [1.29, 1.82) is 0 Å². The minimum absolute atomic E-state index is 0.0405. The Balaban J connectivity index is 1.44. The zero-order valence-corrected chi connectivity index (χ0v) is 18.1. The second-order valence-electron chi connectivity index (χ2n) is 6.66. The van der Waals surface area contributed by atoms with Crippen LogP contribution in [0.1, 0.15) is 17.2 Å². The number of hydrogen-bond acceptors (Lipinski definition) is 4. The number of rotatable bonds is 6. The van der Waals surface area contributed by atoms with Crippen molar-refractivity contribution >= 4 is 45.2 Å². The third-order valence-corrected chi connectivity index (χ3v) is 5.87. The van der Waals surface area contributed by atoms with Gasteiger partial charge in [-0.1, -0.05) is 40.2 Å². The Kier molecular flexibility index (Phi) is 7.53. The number of carbonyl (C=O) groups excluding carboxylic acids is 2. The fraction of sp³-hybridized carbons (Fsp3) is 0.333. The molecule has 1 aliphatic heterocycles. The van der Waals surface area contributed by atoms with Gasteiger partial charge in [0.1, 0.15) is 6.10 Å². The Hall–Kier alpha value is -1.83. The van der Waals surface area contributed by atoms with Crippen LogP contribution in [0.2, 0.25) is 0 Å². The predicted octanol–water partition coefficient (Wildman–Crippen LogP) is 4.03. The Morgan fingerprint density at radius 1 is 1.21 bits per heavy atom. The number of thioether (sulfide) groups is 1. The van der Waals surface area contributed by atoms with Crippen LogP contribution >= 0.6 is 27.7 Å². The third-order valence-electron chi connectivity index (χ3n) is 4.42. The second kappa shape index (κ2) is 10.1. The Bertz CT molecular complexity index is 829. The highest BCUT2D eigenvalue weighted by atomic mass is 79.9. The third kappa shape index (κ3) is 6.09. The van der Waals surface area contributed by atoms with Crippen molar-refractivity contribution in [2.45, 2.75) is 13.0 Å². The highest BCUT2D eigenvalue weighted by Crippen LogP contribution is 2.24. The molecule has 148 valence electrons. The lowest BCUT2D eigenvalue weighted by Gasteiger charge is -2.33. The van der Waals surface area contributed by atoms with Gasteiger partial charge in [-0.3, -0.25) is 9.59 Å². The number of ether oxygens (including phenoxy) is 1. The summed E-state index contributed by atoms with van der Waals surface area (Å²) < 4.78 is 6.84. The second-order valence-corrected chi connectivity index (χ2v) is 8.56. The molecule has 2 aromatic rings. The Labute approximate surface area is 178 Å². The maximum Gasteiger partial charge on any atom is 0.234 e. The highest BCUT2D eigenvalue weighted by molar-refractivity contribution is 9.10. The van der Waals surface area contributed by atoms with Gasteiger partial charge in [0.05, 0.1) is 24.7 Å². The summed E-state index contributed by atoms with van der Waals surface area (Å²) in [5, 5.41) is 2.86. The number of morpholine rings is 1. The molecule has 5 nitrogen and oxygen atoms in total.